The van der Waals surface area contributed by atoms with Gasteiger partial charge in [0, 0.05) is 12.2 Å². The standard InChI is InChI=1S/C18H17NO2/c20-17-11-14-7-6-13(10-15(14)12-18(17)21)8-9-19-16-4-2-1-3-5-16/h1-7,10-12,19-21H,8-9H2. The lowest BCUT2D eigenvalue weighted by Gasteiger charge is -2.08. The van der Waals surface area contributed by atoms with Crippen LogP contribution in [0.1, 0.15) is 5.56 Å². The van der Waals surface area contributed by atoms with E-state index in [1.165, 1.54) is 5.56 Å². The zero-order chi connectivity index (χ0) is 14.7. The van der Waals surface area contributed by atoms with Crippen LogP contribution >= 0.6 is 0 Å². The zero-order valence-electron chi connectivity index (χ0n) is 11.6. The Kier molecular flexibility index (Phi) is 3.65. The Morgan fingerprint density at radius 1 is 0.762 bits per heavy atom. The van der Waals surface area contributed by atoms with Crippen LogP contribution in [-0.4, -0.2) is 16.8 Å². The van der Waals surface area contributed by atoms with Gasteiger partial charge in [-0.05, 0) is 47.0 Å². The summed E-state index contributed by atoms with van der Waals surface area (Å²) in [5.41, 5.74) is 2.30. The SMILES string of the molecule is Oc1cc2ccc(CCNc3ccccc3)cc2cc1O. The maximum Gasteiger partial charge on any atom is 0.158 e. The van der Waals surface area contributed by atoms with Crippen molar-refractivity contribution in [3.63, 3.8) is 0 Å². The van der Waals surface area contributed by atoms with Crippen LogP contribution in [0.25, 0.3) is 10.8 Å². The Morgan fingerprint density at radius 2 is 1.48 bits per heavy atom. The largest absolute Gasteiger partial charge is 0.504 e. The van der Waals surface area contributed by atoms with Gasteiger partial charge in [-0.1, -0.05) is 36.4 Å². The van der Waals surface area contributed by atoms with Crippen LogP contribution in [0.15, 0.2) is 60.7 Å². The van der Waals surface area contributed by atoms with Crippen LogP contribution in [0.3, 0.4) is 0 Å². The van der Waals surface area contributed by atoms with Crippen LogP contribution in [0, 0.1) is 0 Å². The number of para-hydroxylation sites is 1. The van der Waals surface area contributed by atoms with Gasteiger partial charge in [0.05, 0.1) is 0 Å². The average molecular weight is 279 g/mol. The van der Waals surface area contributed by atoms with E-state index in [-0.39, 0.29) is 11.5 Å². The van der Waals surface area contributed by atoms with E-state index in [9.17, 15) is 10.2 Å². The van der Waals surface area contributed by atoms with Gasteiger partial charge in [0.1, 0.15) is 0 Å². The van der Waals surface area contributed by atoms with Gasteiger partial charge in [-0.15, -0.1) is 0 Å². The smallest absolute Gasteiger partial charge is 0.158 e. The van der Waals surface area contributed by atoms with Gasteiger partial charge in [0.2, 0.25) is 0 Å². The molecule has 21 heavy (non-hydrogen) atoms. The summed E-state index contributed by atoms with van der Waals surface area (Å²) in [4.78, 5) is 0. The molecular formula is C18H17NO2. The van der Waals surface area contributed by atoms with Gasteiger partial charge in [-0.25, -0.2) is 0 Å². The molecule has 0 aliphatic rings. The van der Waals surface area contributed by atoms with Crippen LogP contribution in [0.5, 0.6) is 11.5 Å². The molecule has 3 aromatic rings. The highest BCUT2D eigenvalue weighted by molar-refractivity contribution is 5.86. The van der Waals surface area contributed by atoms with Gasteiger partial charge in [-0.3, -0.25) is 0 Å². The van der Waals surface area contributed by atoms with Crippen LogP contribution in [0.2, 0.25) is 0 Å². The Bertz CT molecular complexity index is 754. The molecule has 0 saturated carbocycles. The summed E-state index contributed by atoms with van der Waals surface area (Å²) in [5.74, 6) is -0.164. The zero-order valence-corrected chi connectivity index (χ0v) is 11.6. The van der Waals surface area contributed by atoms with Gasteiger partial charge >= 0.3 is 0 Å². The van der Waals surface area contributed by atoms with E-state index < -0.39 is 0 Å². The first-order valence-electron chi connectivity index (χ1n) is 6.96. The van der Waals surface area contributed by atoms with Gasteiger partial charge in [-0.2, -0.15) is 0 Å². The fourth-order valence-electron chi connectivity index (χ4n) is 2.39. The second kappa shape index (κ2) is 5.75. The molecule has 0 atom stereocenters. The number of nitrogens with one attached hydrogen (secondary N) is 1. The second-order valence-electron chi connectivity index (χ2n) is 5.07. The molecule has 0 unspecified atom stereocenters. The molecule has 0 saturated heterocycles. The van der Waals surface area contributed by atoms with E-state index in [1.54, 1.807) is 12.1 Å². The Morgan fingerprint density at radius 3 is 2.24 bits per heavy atom. The predicted octanol–water partition coefficient (Wildman–Crippen LogP) is 3.91. The summed E-state index contributed by atoms with van der Waals surface area (Å²) < 4.78 is 0. The lowest BCUT2D eigenvalue weighted by Crippen LogP contribution is -2.04. The highest BCUT2D eigenvalue weighted by Gasteiger charge is 2.03. The third kappa shape index (κ3) is 3.08. The molecule has 3 N–H and O–H groups in total. The number of benzene rings is 3. The number of phenolic OH excluding ortho intramolecular Hbond substituents is 2. The molecule has 0 fully saturated rings. The summed E-state index contributed by atoms with van der Waals surface area (Å²) in [6.07, 6.45) is 0.895. The summed E-state index contributed by atoms with van der Waals surface area (Å²) in [6.45, 7) is 0.847. The molecule has 0 bridgehead atoms. The monoisotopic (exact) mass is 279 g/mol. The molecule has 3 rings (SSSR count). The molecular weight excluding hydrogens is 262 g/mol. The van der Waals surface area contributed by atoms with Gasteiger partial charge in [0.15, 0.2) is 11.5 Å². The highest BCUT2D eigenvalue weighted by Crippen LogP contribution is 2.30. The van der Waals surface area contributed by atoms with E-state index in [0.29, 0.717) is 0 Å². The quantitative estimate of drug-likeness (QED) is 0.635. The lowest BCUT2D eigenvalue weighted by atomic mass is 10.0. The van der Waals surface area contributed by atoms with Crippen molar-refractivity contribution in [1.82, 2.24) is 0 Å². The highest BCUT2D eigenvalue weighted by atomic mass is 16.3. The third-order valence-corrected chi connectivity index (χ3v) is 3.51. The first-order valence-corrected chi connectivity index (χ1v) is 6.96. The minimum atomic E-state index is -0.0824. The van der Waals surface area contributed by atoms with Crippen molar-refractivity contribution < 1.29 is 10.2 Å². The van der Waals surface area contributed by atoms with Crippen molar-refractivity contribution >= 4 is 16.5 Å². The molecule has 0 radical (unpaired) electrons. The third-order valence-electron chi connectivity index (χ3n) is 3.51. The first kappa shape index (κ1) is 13.3. The molecule has 0 aliphatic carbocycles. The topological polar surface area (TPSA) is 52.5 Å². The summed E-state index contributed by atoms with van der Waals surface area (Å²) in [6, 6.07) is 19.3. The van der Waals surface area contributed by atoms with Crippen LogP contribution < -0.4 is 5.32 Å². The first-order chi connectivity index (χ1) is 10.2. The van der Waals surface area contributed by atoms with Crippen molar-refractivity contribution in [2.24, 2.45) is 0 Å². The summed E-state index contributed by atoms with van der Waals surface area (Å²) in [5, 5.41) is 24.3. The molecule has 0 aliphatic heterocycles. The molecule has 106 valence electrons. The molecule has 3 nitrogen and oxygen atoms in total. The molecule has 0 amide bonds. The minimum Gasteiger partial charge on any atom is -0.504 e. The maximum absolute atomic E-state index is 9.57. The van der Waals surface area contributed by atoms with E-state index >= 15 is 0 Å². The predicted molar refractivity (Wildman–Crippen MR) is 85.9 cm³/mol. The summed E-state index contributed by atoms with van der Waals surface area (Å²) in [7, 11) is 0. The molecule has 3 aromatic carbocycles. The maximum atomic E-state index is 9.57. The Labute approximate surface area is 123 Å². The number of phenols is 2. The normalized spacial score (nSPS) is 10.7. The van der Waals surface area contributed by atoms with Crippen molar-refractivity contribution in [2.75, 3.05) is 11.9 Å². The number of rotatable bonds is 4. The van der Waals surface area contributed by atoms with Gasteiger partial charge in [0.25, 0.3) is 0 Å². The van der Waals surface area contributed by atoms with Crippen molar-refractivity contribution in [1.29, 1.82) is 0 Å². The van der Waals surface area contributed by atoms with E-state index in [0.717, 1.165) is 29.4 Å². The Balaban J connectivity index is 1.71. The molecule has 3 heteroatoms. The van der Waals surface area contributed by atoms with Crippen molar-refractivity contribution in [3.05, 3.63) is 66.2 Å². The van der Waals surface area contributed by atoms with Crippen LogP contribution in [0.4, 0.5) is 5.69 Å². The number of fused-ring (bicyclic) bond motifs is 1. The molecule has 0 aromatic heterocycles. The minimum absolute atomic E-state index is 0.0814. The molecule has 0 spiro atoms. The molecule has 0 heterocycles. The fraction of sp³-hybridized carbons (Fsp3) is 0.111. The van der Waals surface area contributed by atoms with Crippen molar-refractivity contribution in [3.8, 4) is 11.5 Å². The Hall–Kier alpha value is -2.68. The van der Waals surface area contributed by atoms with Crippen LogP contribution in [-0.2, 0) is 6.42 Å². The van der Waals surface area contributed by atoms with E-state index in [2.05, 4.69) is 5.32 Å². The lowest BCUT2D eigenvalue weighted by molar-refractivity contribution is 0.405. The number of hydrogen-bond donors (Lipinski definition) is 3. The number of anilines is 1. The van der Waals surface area contributed by atoms with E-state index in [4.69, 9.17) is 0 Å². The van der Waals surface area contributed by atoms with E-state index in [1.807, 2.05) is 48.5 Å². The summed E-state index contributed by atoms with van der Waals surface area (Å²) >= 11 is 0. The average Bonchev–Trinajstić information content (AvgIpc) is 2.50. The number of hydrogen-bond acceptors (Lipinski definition) is 3. The second-order valence-corrected chi connectivity index (χ2v) is 5.07. The fourth-order valence-corrected chi connectivity index (χ4v) is 2.39. The van der Waals surface area contributed by atoms with Gasteiger partial charge < -0.3 is 15.5 Å². The van der Waals surface area contributed by atoms with Crippen molar-refractivity contribution in [2.45, 2.75) is 6.42 Å². The number of aromatic hydroxyl groups is 2.